The molecule has 0 saturated carbocycles. The van der Waals surface area contributed by atoms with Crippen molar-refractivity contribution in [1.29, 1.82) is 0 Å². The van der Waals surface area contributed by atoms with Crippen molar-refractivity contribution in [1.82, 2.24) is 0 Å². The summed E-state index contributed by atoms with van der Waals surface area (Å²) in [4.78, 5) is 24.6. The number of ether oxygens (including phenoxy) is 2. The first-order chi connectivity index (χ1) is 14.6. The quantitative estimate of drug-likeness (QED) is 0.578. The Kier molecular flexibility index (Phi) is 7.05. The second kappa shape index (κ2) is 10.1. The van der Waals surface area contributed by atoms with E-state index in [1.807, 2.05) is 30.3 Å². The summed E-state index contributed by atoms with van der Waals surface area (Å²) >= 11 is 0. The van der Waals surface area contributed by atoms with Crippen LogP contribution in [0.15, 0.2) is 72.8 Å². The number of anilines is 2. The number of methoxy groups -OCH3 is 2. The first-order valence-electron chi connectivity index (χ1n) is 9.56. The average Bonchev–Trinajstić information content (AvgIpc) is 2.79. The van der Waals surface area contributed by atoms with E-state index in [9.17, 15) is 9.59 Å². The zero-order chi connectivity index (χ0) is 21.3. The predicted molar refractivity (Wildman–Crippen MR) is 117 cm³/mol. The Morgan fingerprint density at radius 1 is 0.767 bits per heavy atom. The van der Waals surface area contributed by atoms with Crippen molar-refractivity contribution in [3.63, 3.8) is 0 Å². The van der Waals surface area contributed by atoms with Gasteiger partial charge in [0.25, 0.3) is 5.91 Å². The third kappa shape index (κ3) is 5.61. The molecule has 3 aromatic carbocycles. The van der Waals surface area contributed by atoms with Crippen molar-refractivity contribution in [2.24, 2.45) is 0 Å². The highest BCUT2D eigenvalue weighted by Gasteiger charge is 2.11. The molecule has 154 valence electrons. The maximum Gasteiger partial charge on any atom is 0.255 e. The molecule has 0 aliphatic carbocycles. The van der Waals surface area contributed by atoms with Crippen molar-refractivity contribution in [2.45, 2.75) is 12.8 Å². The SMILES string of the molecule is COc1ccc(C(=O)Nc2ccc(NC(=O)CCc3ccccc3)cc2)cc1OC. The number of carbonyl (C=O) groups excluding carboxylic acids is 2. The van der Waals surface area contributed by atoms with E-state index in [0.29, 0.717) is 41.3 Å². The number of aryl methyl sites for hydroxylation is 1. The van der Waals surface area contributed by atoms with Crippen LogP contribution in [-0.2, 0) is 11.2 Å². The summed E-state index contributed by atoms with van der Waals surface area (Å²) in [5.41, 5.74) is 2.88. The Hall–Kier alpha value is -3.80. The number of benzene rings is 3. The lowest BCUT2D eigenvalue weighted by Crippen LogP contribution is -2.13. The number of nitrogens with one attached hydrogen (secondary N) is 2. The first-order valence-corrected chi connectivity index (χ1v) is 9.56. The summed E-state index contributed by atoms with van der Waals surface area (Å²) < 4.78 is 10.4. The normalized spacial score (nSPS) is 10.2. The molecule has 30 heavy (non-hydrogen) atoms. The van der Waals surface area contributed by atoms with E-state index in [-0.39, 0.29) is 11.8 Å². The smallest absolute Gasteiger partial charge is 0.255 e. The van der Waals surface area contributed by atoms with Crippen molar-refractivity contribution in [2.75, 3.05) is 24.9 Å². The molecule has 2 N–H and O–H groups in total. The lowest BCUT2D eigenvalue weighted by atomic mass is 10.1. The third-order valence-electron chi connectivity index (χ3n) is 4.56. The van der Waals surface area contributed by atoms with Gasteiger partial charge in [0.05, 0.1) is 14.2 Å². The van der Waals surface area contributed by atoms with E-state index in [2.05, 4.69) is 10.6 Å². The van der Waals surface area contributed by atoms with Crippen LogP contribution in [-0.4, -0.2) is 26.0 Å². The summed E-state index contributed by atoms with van der Waals surface area (Å²) in [6.45, 7) is 0. The number of hydrogen-bond donors (Lipinski definition) is 2. The van der Waals surface area contributed by atoms with Crippen LogP contribution in [0.25, 0.3) is 0 Å². The molecule has 6 heteroatoms. The molecule has 6 nitrogen and oxygen atoms in total. The average molecular weight is 404 g/mol. The lowest BCUT2D eigenvalue weighted by Gasteiger charge is -2.11. The van der Waals surface area contributed by atoms with Crippen molar-refractivity contribution >= 4 is 23.2 Å². The highest BCUT2D eigenvalue weighted by Crippen LogP contribution is 2.28. The highest BCUT2D eigenvalue weighted by molar-refractivity contribution is 6.04. The van der Waals surface area contributed by atoms with Gasteiger partial charge in [-0.05, 0) is 54.4 Å². The highest BCUT2D eigenvalue weighted by atomic mass is 16.5. The fraction of sp³-hybridized carbons (Fsp3) is 0.167. The van der Waals surface area contributed by atoms with Crippen molar-refractivity contribution in [3.05, 3.63) is 83.9 Å². The van der Waals surface area contributed by atoms with Crippen molar-refractivity contribution in [3.8, 4) is 11.5 Å². The molecular formula is C24H24N2O4. The van der Waals surface area contributed by atoms with Crippen LogP contribution < -0.4 is 20.1 Å². The molecule has 3 rings (SSSR count). The number of rotatable bonds is 8. The van der Waals surface area contributed by atoms with Crippen LogP contribution in [0.1, 0.15) is 22.3 Å². The molecule has 0 bridgehead atoms. The molecule has 0 heterocycles. The molecule has 0 atom stereocenters. The maximum atomic E-state index is 12.5. The molecule has 0 saturated heterocycles. The Bertz CT molecular complexity index is 1000. The summed E-state index contributed by atoms with van der Waals surface area (Å²) in [5, 5.41) is 5.70. The van der Waals surface area contributed by atoms with Crippen LogP contribution in [0.2, 0.25) is 0 Å². The van der Waals surface area contributed by atoms with E-state index >= 15 is 0 Å². The minimum atomic E-state index is -0.268. The fourth-order valence-corrected chi connectivity index (χ4v) is 2.94. The number of carbonyl (C=O) groups is 2. The van der Waals surface area contributed by atoms with Gasteiger partial charge in [-0.15, -0.1) is 0 Å². The first kappa shape index (κ1) is 20.9. The van der Waals surface area contributed by atoms with Crippen LogP contribution >= 0.6 is 0 Å². The van der Waals surface area contributed by atoms with Gasteiger partial charge in [-0.3, -0.25) is 9.59 Å². The zero-order valence-corrected chi connectivity index (χ0v) is 17.0. The minimum Gasteiger partial charge on any atom is -0.493 e. The molecule has 0 spiro atoms. The molecule has 3 aromatic rings. The predicted octanol–water partition coefficient (Wildman–Crippen LogP) is 4.53. The van der Waals surface area contributed by atoms with Gasteiger partial charge in [0.2, 0.25) is 5.91 Å². The summed E-state index contributed by atoms with van der Waals surface area (Å²) in [5.74, 6) is 0.719. The van der Waals surface area contributed by atoms with Crippen molar-refractivity contribution < 1.29 is 19.1 Å². The van der Waals surface area contributed by atoms with E-state index < -0.39 is 0 Å². The summed E-state index contributed by atoms with van der Waals surface area (Å²) in [7, 11) is 3.06. The molecule has 0 aliphatic rings. The van der Waals surface area contributed by atoms with E-state index in [1.165, 1.54) is 7.11 Å². The Morgan fingerprint density at radius 2 is 1.40 bits per heavy atom. The van der Waals surface area contributed by atoms with Gasteiger partial charge in [0.1, 0.15) is 0 Å². The molecule has 0 aromatic heterocycles. The monoisotopic (exact) mass is 404 g/mol. The van der Waals surface area contributed by atoms with Gasteiger partial charge in [-0.1, -0.05) is 30.3 Å². The molecule has 0 fully saturated rings. The van der Waals surface area contributed by atoms with Gasteiger partial charge in [-0.25, -0.2) is 0 Å². The largest absolute Gasteiger partial charge is 0.493 e. The topological polar surface area (TPSA) is 76.7 Å². The van der Waals surface area contributed by atoms with Crippen LogP contribution in [0, 0.1) is 0 Å². The number of amides is 2. The zero-order valence-electron chi connectivity index (χ0n) is 17.0. The Morgan fingerprint density at radius 3 is 2.03 bits per heavy atom. The minimum absolute atomic E-state index is 0.0547. The molecule has 0 unspecified atom stereocenters. The fourth-order valence-electron chi connectivity index (χ4n) is 2.94. The van der Waals surface area contributed by atoms with Gasteiger partial charge in [0.15, 0.2) is 11.5 Å². The molecule has 0 radical (unpaired) electrons. The van der Waals surface area contributed by atoms with Crippen LogP contribution in [0.5, 0.6) is 11.5 Å². The third-order valence-corrected chi connectivity index (χ3v) is 4.56. The van der Waals surface area contributed by atoms with Gasteiger partial charge < -0.3 is 20.1 Å². The van der Waals surface area contributed by atoms with E-state index in [1.54, 1.807) is 49.6 Å². The Balaban J connectivity index is 1.55. The standard InChI is InChI=1S/C24H24N2O4/c1-29-21-14-9-18(16-22(21)30-2)24(28)26-20-12-10-19(11-13-20)25-23(27)15-8-17-6-4-3-5-7-17/h3-7,9-14,16H,8,15H2,1-2H3,(H,25,27)(H,26,28). The van der Waals surface area contributed by atoms with E-state index in [0.717, 1.165) is 5.56 Å². The second-order valence-corrected chi connectivity index (χ2v) is 6.64. The second-order valence-electron chi connectivity index (χ2n) is 6.64. The maximum absolute atomic E-state index is 12.5. The van der Waals surface area contributed by atoms with Crippen LogP contribution in [0.3, 0.4) is 0 Å². The van der Waals surface area contributed by atoms with Crippen LogP contribution in [0.4, 0.5) is 11.4 Å². The number of hydrogen-bond acceptors (Lipinski definition) is 4. The van der Waals surface area contributed by atoms with Gasteiger partial charge >= 0.3 is 0 Å². The lowest BCUT2D eigenvalue weighted by molar-refractivity contribution is -0.116. The van der Waals surface area contributed by atoms with Gasteiger partial charge in [0, 0.05) is 23.4 Å². The summed E-state index contributed by atoms with van der Waals surface area (Å²) in [6.07, 6.45) is 1.09. The van der Waals surface area contributed by atoms with Gasteiger partial charge in [-0.2, -0.15) is 0 Å². The molecular weight excluding hydrogens is 380 g/mol. The molecule has 0 aliphatic heterocycles. The van der Waals surface area contributed by atoms with E-state index in [4.69, 9.17) is 9.47 Å². The molecule has 2 amide bonds. The summed E-state index contributed by atoms with van der Waals surface area (Å²) in [6, 6.07) is 21.8. The Labute approximate surface area is 175 Å².